The number of aryl methyl sites for hydroxylation is 1. The van der Waals surface area contributed by atoms with Gasteiger partial charge in [-0.05, 0) is 23.6 Å². The Labute approximate surface area is 105 Å². The number of rotatable bonds is 5. The minimum absolute atomic E-state index is 0.113. The zero-order valence-corrected chi connectivity index (χ0v) is 10.9. The van der Waals surface area contributed by atoms with Crippen molar-refractivity contribution in [3.8, 4) is 10.6 Å². The lowest BCUT2D eigenvalue weighted by molar-refractivity contribution is -0.121. The van der Waals surface area contributed by atoms with Crippen molar-refractivity contribution in [1.29, 1.82) is 0 Å². The molecule has 0 aliphatic carbocycles. The molecule has 0 aromatic carbocycles. The molecule has 2 aromatic rings. The molecule has 0 spiro atoms. The van der Waals surface area contributed by atoms with Crippen LogP contribution in [-0.4, -0.2) is 5.78 Å². The number of hydrogen-bond acceptors (Lipinski definition) is 3. The standard InChI is InChI=1S/C14H16O2S/c1-10(2)12(15)7-5-11-6-8-13(16-11)14-4-3-9-17-14/h3-4,6,8-10H,5,7H2,1-2H3. The van der Waals surface area contributed by atoms with Crippen molar-refractivity contribution in [3.63, 3.8) is 0 Å². The van der Waals surface area contributed by atoms with Crippen molar-refractivity contribution in [2.75, 3.05) is 0 Å². The topological polar surface area (TPSA) is 30.2 Å². The van der Waals surface area contributed by atoms with Gasteiger partial charge < -0.3 is 4.42 Å². The van der Waals surface area contributed by atoms with Gasteiger partial charge in [-0.2, -0.15) is 0 Å². The van der Waals surface area contributed by atoms with Crippen LogP contribution in [-0.2, 0) is 11.2 Å². The maximum absolute atomic E-state index is 11.5. The molecule has 0 saturated heterocycles. The fourth-order valence-corrected chi connectivity index (χ4v) is 2.29. The average molecular weight is 248 g/mol. The predicted molar refractivity (Wildman–Crippen MR) is 70.2 cm³/mol. The molecule has 0 N–H and O–H groups in total. The van der Waals surface area contributed by atoms with E-state index >= 15 is 0 Å². The first-order chi connectivity index (χ1) is 8.16. The third-order valence-electron chi connectivity index (χ3n) is 2.69. The molecule has 17 heavy (non-hydrogen) atoms. The summed E-state index contributed by atoms with van der Waals surface area (Å²) in [5.74, 6) is 2.19. The minimum Gasteiger partial charge on any atom is -0.460 e. The van der Waals surface area contributed by atoms with E-state index in [9.17, 15) is 4.79 Å². The van der Waals surface area contributed by atoms with E-state index < -0.39 is 0 Å². The van der Waals surface area contributed by atoms with Crippen LogP contribution in [0.4, 0.5) is 0 Å². The molecule has 90 valence electrons. The van der Waals surface area contributed by atoms with E-state index in [1.165, 1.54) is 0 Å². The average Bonchev–Trinajstić information content (AvgIpc) is 2.95. The molecule has 0 aliphatic rings. The summed E-state index contributed by atoms with van der Waals surface area (Å²) in [6.45, 7) is 3.86. The molecule has 0 bridgehead atoms. The highest BCUT2D eigenvalue weighted by molar-refractivity contribution is 7.13. The van der Waals surface area contributed by atoms with Crippen LogP contribution in [0.5, 0.6) is 0 Å². The van der Waals surface area contributed by atoms with E-state index in [1.807, 2.05) is 43.5 Å². The number of furan rings is 1. The van der Waals surface area contributed by atoms with E-state index in [1.54, 1.807) is 11.3 Å². The second-order valence-electron chi connectivity index (χ2n) is 4.36. The van der Waals surface area contributed by atoms with Gasteiger partial charge in [0.2, 0.25) is 0 Å². The van der Waals surface area contributed by atoms with E-state index in [2.05, 4.69) is 0 Å². The third-order valence-corrected chi connectivity index (χ3v) is 3.57. The van der Waals surface area contributed by atoms with Gasteiger partial charge in [-0.1, -0.05) is 19.9 Å². The van der Waals surface area contributed by atoms with Gasteiger partial charge >= 0.3 is 0 Å². The molecule has 2 heterocycles. The van der Waals surface area contributed by atoms with Crippen LogP contribution < -0.4 is 0 Å². The van der Waals surface area contributed by atoms with Crippen molar-refractivity contribution in [3.05, 3.63) is 35.4 Å². The van der Waals surface area contributed by atoms with Gasteiger partial charge in [-0.3, -0.25) is 4.79 Å². The van der Waals surface area contributed by atoms with E-state index in [0.29, 0.717) is 18.6 Å². The normalized spacial score (nSPS) is 11.0. The fraction of sp³-hybridized carbons (Fsp3) is 0.357. The van der Waals surface area contributed by atoms with Crippen LogP contribution in [0.2, 0.25) is 0 Å². The summed E-state index contributed by atoms with van der Waals surface area (Å²) in [5, 5.41) is 2.03. The Hall–Kier alpha value is -1.35. The molecule has 0 radical (unpaired) electrons. The summed E-state index contributed by atoms with van der Waals surface area (Å²) in [6, 6.07) is 7.97. The van der Waals surface area contributed by atoms with Gasteiger partial charge in [0.1, 0.15) is 17.3 Å². The summed E-state index contributed by atoms with van der Waals surface area (Å²) < 4.78 is 5.72. The SMILES string of the molecule is CC(C)C(=O)CCc1ccc(-c2cccs2)o1. The highest BCUT2D eigenvalue weighted by Crippen LogP contribution is 2.27. The monoisotopic (exact) mass is 248 g/mol. The molecule has 2 aromatic heterocycles. The van der Waals surface area contributed by atoms with Gasteiger partial charge in [0.25, 0.3) is 0 Å². The van der Waals surface area contributed by atoms with Gasteiger partial charge in [-0.25, -0.2) is 0 Å². The predicted octanol–water partition coefficient (Wildman–Crippen LogP) is 4.17. The number of thiophene rings is 1. The molecular formula is C14H16O2S. The fourth-order valence-electron chi connectivity index (χ4n) is 1.60. The highest BCUT2D eigenvalue weighted by atomic mass is 32.1. The highest BCUT2D eigenvalue weighted by Gasteiger charge is 2.10. The largest absolute Gasteiger partial charge is 0.460 e. The smallest absolute Gasteiger partial charge is 0.144 e. The van der Waals surface area contributed by atoms with E-state index in [4.69, 9.17) is 4.42 Å². The summed E-state index contributed by atoms with van der Waals surface area (Å²) in [6.07, 6.45) is 1.26. The molecule has 2 nitrogen and oxygen atoms in total. The Bertz CT molecular complexity index is 480. The first-order valence-corrected chi connectivity index (χ1v) is 6.70. The third kappa shape index (κ3) is 3.07. The Morgan fingerprint density at radius 3 is 2.82 bits per heavy atom. The minimum atomic E-state index is 0.113. The number of ketones is 1. The van der Waals surface area contributed by atoms with Crippen molar-refractivity contribution < 1.29 is 9.21 Å². The van der Waals surface area contributed by atoms with E-state index in [-0.39, 0.29) is 5.92 Å². The first kappa shape index (κ1) is 12.1. The van der Waals surface area contributed by atoms with Crippen LogP contribution in [0.15, 0.2) is 34.1 Å². The first-order valence-electron chi connectivity index (χ1n) is 5.82. The van der Waals surface area contributed by atoms with Crippen LogP contribution in [0, 0.1) is 5.92 Å². The van der Waals surface area contributed by atoms with Gasteiger partial charge in [0, 0.05) is 18.8 Å². The summed E-state index contributed by atoms with van der Waals surface area (Å²) in [4.78, 5) is 12.6. The molecule has 0 aliphatic heterocycles. The van der Waals surface area contributed by atoms with E-state index in [0.717, 1.165) is 16.4 Å². The lowest BCUT2D eigenvalue weighted by Gasteiger charge is -2.01. The van der Waals surface area contributed by atoms with Crippen LogP contribution in [0.25, 0.3) is 10.6 Å². The van der Waals surface area contributed by atoms with Crippen LogP contribution >= 0.6 is 11.3 Å². The summed E-state index contributed by atoms with van der Waals surface area (Å²) >= 11 is 1.66. The molecule has 0 amide bonds. The van der Waals surface area contributed by atoms with Crippen molar-refractivity contribution in [1.82, 2.24) is 0 Å². The summed E-state index contributed by atoms with van der Waals surface area (Å²) in [7, 11) is 0. The Balaban J connectivity index is 1.97. The van der Waals surface area contributed by atoms with Gasteiger partial charge in [-0.15, -0.1) is 11.3 Å². The molecule has 2 rings (SSSR count). The maximum atomic E-state index is 11.5. The quantitative estimate of drug-likeness (QED) is 0.795. The number of hydrogen-bond donors (Lipinski definition) is 0. The zero-order valence-electron chi connectivity index (χ0n) is 10.1. The molecule has 0 fully saturated rings. The Morgan fingerprint density at radius 2 is 2.18 bits per heavy atom. The maximum Gasteiger partial charge on any atom is 0.144 e. The lowest BCUT2D eigenvalue weighted by atomic mass is 10.0. The molecule has 0 unspecified atom stereocenters. The van der Waals surface area contributed by atoms with Crippen LogP contribution in [0.1, 0.15) is 26.0 Å². The molecule has 0 saturated carbocycles. The zero-order chi connectivity index (χ0) is 12.3. The number of carbonyl (C=O) groups excluding carboxylic acids is 1. The second kappa shape index (κ2) is 5.32. The molecular weight excluding hydrogens is 232 g/mol. The molecule has 3 heteroatoms. The summed E-state index contributed by atoms with van der Waals surface area (Å²) in [5.41, 5.74) is 0. The van der Waals surface area contributed by atoms with Crippen LogP contribution in [0.3, 0.4) is 0 Å². The second-order valence-corrected chi connectivity index (χ2v) is 5.31. The van der Waals surface area contributed by atoms with Gasteiger partial charge in [0.15, 0.2) is 0 Å². The number of carbonyl (C=O) groups is 1. The number of Topliss-reactive ketones (excluding diaryl/α,β-unsaturated/α-hetero) is 1. The lowest BCUT2D eigenvalue weighted by Crippen LogP contribution is -2.07. The Morgan fingerprint density at radius 1 is 1.35 bits per heavy atom. The van der Waals surface area contributed by atoms with Crippen molar-refractivity contribution in [2.24, 2.45) is 5.92 Å². The van der Waals surface area contributed by atoms with Crippen molar-refractivity contribution in [2.45, 2.75) is 26.7 Å². The molecule has 0 atom stereocenters. The van der Waals surface area contributed by atoms with Gasteiger partial charge in [0.05, 0.1) is 4.88 Å². The van der Waals surface area contributed by atoms with Crippen molar-refractivity contribution >= 4 is 17.1 Å². The Kier molecular flexibility index (Phi) is 3.79.